The van der Waals surface area contributed by atoms with Gasteiger partial charge in [0.25, 0.3) is 0 Å². The van der Waals surface area contributed by atoms with Crippen molar-refractivity contribution in [3.05, 3.63) is 0 Å². The zero-order valence-electron chi connectivity index (χ0n) is 10.4. The molecule has 0 unspecified atom stereocenters. The first-order chi connectivity index (χ1) is 5.91. The van der Waals surface area contributed by atoms with Crippen LogP contribution in [0.5, 0.6) is 0 Å². The predicted octanol–water partition coefficient (Wildman–Crippen LogP) is -14.3. The summed E-state index contributed by atoms with van der Waals surface area (Å²) in [4.78, 5) is 0. The second-order valence-electron chi connectivity index (χ2n) is 3.83. The summed E-state index contributed by atoms with van der Waals surface area (Å²) in [5.41, 5.74) is 0. The zero-order chi connectivity index (χ0) is 9.07. The summed E-state index contributed by atoms with van der Waals surface area (Å²) in [5.74, 6) is 0. The first-order valence-electron chi connectivity index (χ1n) is 5.91. The molecule has 0 heterocycles. The molecule has 0 aliphatic carbocycles. The average molecular weight is 294 g/mol. The SMILES string of the molecule is BBBBBBBBBBBB.[I-].[Na+]. The Kier molecular flexibility index (Phi) is 32.4. The maximum absolute atomic E-state index is 2.28. The number of hydrogen-bond donors (Lipinski definition) is 0. The van der Waals surface area contributed by atoms with Crippen LogP contribution in [0.25, 0.3) is 0 Å². The molecule has 14 heavy (non-hydrogen) atoms. The molecule has 0 aromatic heterocycles. The van der Waals surface area contributed by atoms with E-state index in [1.54, 1.807) is 0 Å². The van der Waals surface area contributed by atoms with Crippen molar-refractivity contribution in [2.75, 3.05) is 0 Å². The van der Waals surface area contributed by atoms with E-state index >= 15 is 0 Å². The third kappa shape index (κ3) is 20.0. The molecule has 0 fully saturated rings. The van der Waals surface area contributed by atoms with E-state index in [4.69, 9.17) is 0 Å². The van der Waals surface area contributed by atoms with Crippen LogP contribution in [0.2, 0.25) is 0 Å². The summed E-state index contributed by atoms with van der Waals surface area (Å²) < 4.78 is 0. The molecule has 0 aliphatic rings. The van der Waals surface area contributed by atoms with E-state index in [1.165, 1.54) is 70.6 Å². The van der Waals surface area contributed by atoms with Crippen molar-refractivity contribution in [3.63, 3.8) is 0 Å². The zero-order valence-corrected chi connectivity index (χ0v) is 14.6. The minimum Gasteiger partial charge on any atom is -1.00 e. The Hall–Kier alpha value is 2.51. The maximum atomic E-state index is 2.28. The van der Waals surface area contributed by atoms with Crippen LogP contribution in [0.15, 0.2) is 0 Å². The molecule has 0 nitrogen and oxygen atoms in total. The Morgan fingerprint density at radius 1 is 0.500 bits per heavy atom. The second kappa shape index (κ2) is 20.9. The second-order valence-corrected chi connectivity index (χ2v) is 3.83. The number of rotatable bonds is 9. The fourth-order valence-corrected chi connectivity index (χ4v) is 1.56. The van der Waals surface area contributed by atoms with Gasteiger partial charge in [0.05, 0.1) is 15.5 Å². The van der Waals surface area contributed by atoms with E-state index in [1.807, 2.05) is 0 Å². The smallest absolute Gasteiger partial charge is 1.00 e. The normalized spacial score (nSPS) is 6.00. The van der Waals surface area contributed by atoms with Crippen molar-refractivity contribution in [1.29, 1.82) is 0 Å². The topological polar surface area (TPSA) is 0 Å². The summed E-state index contributed by atoms with van der Waals surface area (Å²) in [7, 11) is 19.0. The summed E-state index contributed by atoms with van der Waals surface area (Å²) in [6.45, 7) is 0. The monoisotopic (exact) mass is 296 g/mol. The molecule has 0 atom stereocenters. The first-order valence-corrected chi connectivity index (χ1v) is 5.91. The van der Waals surface area contributed by atoms with E-state index in [0.717, 1.165) is 0 Å². The van der Waals surface area contributed by atoms with Gasteiger partial charge in [-0.1, -0.05) is 0 Å². The molecular formula is H14B12INa. The molecule has 0 saturated heterocycles. The molecule has 0 saturated carbocycles. The molecule has 58 valence electrons. The van der Waals surface area contributed by atoms with Gasteiger partial charge in [-0.2, -0.15) is 0 Å². The number of hydrogen-bond acceptors (Lipinski definition) is 0. The van der Waals surface area contributed by atoms with E-state index in [9.17, 15) is 0 Å². The van der Waals surface area contributed by atoms with Gasteiger partial charge in [-0.15, -0.1) is 0 Å². The van der Waals surface area contributed by atoms with Crippen molar-refractivity contribution in [2.45, 2.75) is 0 Å². The maximum Gasteiger partial charge on any atom is 1.00 e. The largest absolute Gasteiger partial charge is 1.00 e. The fourth-order valence-electron chi connectivity index (χ4n) is 1.56. The third-order valence-corrected chi connectivity index (χ3v) is 2.46. The van der Waals surface area contributed by atoms with Gasteiger partial charge < -0.3 is 24.0 Å². The molecule has 0 bridgehead atoms. The van der Waals surface area contributed by atoms with Crippen molar-refractivity contribution < 1.29 is 53.5 Å². The van der Waals surface area contributed by atoms with Crippen LogP contribution in [-0.4, -0.2) is 86.1 Å². The molecule has 14 heteroatoms. The summed E-state index contributed by atoms with van der Waals surface area (Å²) in [6, 6.07) is 0. The van der Waals surface area contributed by atoms with E-state index in [-0.39, 0.29) is 53.5 Å². The standard InChI is InChI=1S/B12H14.HI.Na/c1-3-5-7-9-11-12-10-8-6-4-2;;/h3-12H,1-2H2;1H;/q;;+1/p-1. The molecule has 0 aromatic rings. The minimum atomic E-state index is 0. The predicted molar refractivity (Wildman–Crippen MR) is 88.6 cm³/mol. The van der Waals surface area contributed by atoms with Gasteiger partial charge in [0.15, 0.2) is 0 Å². The molecule has 0 aliphatic heterocycles. The molecule has 0 spiro atoms. The summed E-state index contributed by atoms with van der Waals surface area (Å²) in [5, 5.41) is 0. The van der Waals surface area contributed by atoms with Crippen molar-refractivity contribution in [1.82, 2.24) is 0 Å². The van der Waals surface area contributed by atoms with Crippen LogP contribution in [0.3, 0.4) is 0 Å². The first kappa shape index (κ1) is 21.8. The quantitative estimate of drug-likeness (QED) is 0.225. The van der Waals surface area contributed by atoms with Crippen molar-refractivity contribution >= 4 is 86.1 Å². The van der Waals surface area contributed by atoms with Crippen LogP contribution < -0.4 is 53.5 Å². The molecule has 0 rings (SSSR count). The van der Waals surface area contributed by atoms with E-state index in [2.05, 4.69) is 15.5 Å². The minimum absolute atomic E-state index is 0. The van der Waals surface area contributed by atoms with Gasteiger partial charge in [-0.25, -0.2) is 0 Å². The van der Waals surface area contributed by atoms with Crippen LogP contribution in [0.4, 0.5) is 0 Å². The summed E-state index contributed by atoms with van der Waals surface area (Å²) >= 11 is 0. The van der Waals surface area contributed by atoms with Crippen LogP contribution >= 0.6 is 0 Å². The van der Waals surface area contributed by atoms with Gasteiger partial charge in [0.2, 0.25) is 0 Å². The molecule has 0 radical (unpaired) electrons. The summed E-state index contributed by atoms with van der Waals surface area (Å²) in [6.07, 6.45) is 0. The molecule has 0 N–H and O–H groups in total. The number of halogens is 1. The Morgan fingerprint density at radius 3 is 0.929 bits per heavy atom. The van der Waals surface area contributed by atoms with Crippen LogP contribution in [-0.2, 0) is 0 Å². The van der Waals surface area contributed by atoms with Gasteiger partial charge in [0.1, 0.15) is 0 Å². The molecule has 0 amide bonds. The van der Waals surface area contributed by atoms with Crippen molar-refractivity contribution in [3.8, 4) is 0 Å². The third-order valence-electron chi connectivity index (χ3n) is 2.46. The Morgan fingerprint density at radius 2 is 0.714 bits per heavy atom. The Bertz CT molecular complexity index is 66.7. The molecule has 0 aromatic carbocycles. The van der Waals surface area contributed by atoms with Gasteiger partial charge in [-0.3, -0.25) is 0 Å². The van der Waals surface area contributed by atoms with Gasteiger partial charge in [0, 0.05) is 70.6 Å². The van der Waals surface area contributed by atoms with E-state index in [0.29, 0.717) is 0 Å². The molecular weight excluding hydrogens is 280 g/mol. The fraction of sp³-hybridized carbons (Fsp3) is 0. The van der Waals surface area contributed by atoms with E-state index < -0.39 is 0 Å². The Balaban J connectivity index is -0.000000605. The van der Waals surface area contributed by atoms with Crippen molar-refractivity contribution in [2.24, 2.45) is 0 Å². The Labute approximate surface area is 138 Å². The average Bonchev–Trinajstić information content (AvgIpc) is 2.10. The van der Waals surface area contributed by atoms with Crippen LogP contribution in [0, 0.1) is 0 Å². The van der Waals surface area contributed by atoms with Gasteiger partial charge in [-0.05, 0) is 0 Å². The van der Waals surface area contributed by atoms with Crippen LogP contribution in [0.1, 0.15) is 0 Å². The van der Waals surface area contributed by atoms with Gasteiger partial charge >= 0.3 is 29.6 Å².